The van der Waals surface area contributed by atoms with Crippen LogP contribution in [-0.4, -0.2) is 49.9 Å². The Hall–Kier alpha value is -1.02. The fourth-order valence-corrected chi connectivity index (χ4v) is 6.91. The Morgan fingerprint density at radius 1 is 0.577 bits per heavy atom. The summed E-state index contributed by atoms with van der Waals surface area (Å²) in [7, 11) is -4.27. The van der Waals surface area contributed by atoms with Crippen molar-refractivity contribution in [2.45, 2.75) is 213 Å². The van der Waals surface area contributed by atoms with Crippen molar-refractivity contribution in [3.05, 3.63) is 24.3 Å². The maximum absolute atomic E-state index is 12.6. The van der Waals surface area contributed by atoms with Gasteiger partial charge in [0.05, 0.1) is 19.8 Å². The monoisotopic (exact) mass is 758 g/mol. The number of phosphoric ester groups is 1. The van der Waals surface area contributed by atoms with Crippen molar-refractivity contribution in [1.82, 2.24) is 0 Å². The molecule has 0 fully saturated rings. The fourth-order valence-electron chi connectivity index (χ4n) is 6.14. The van der Waals surface area contributed by atoms with Gasteiger partial charge in [-0.2, -0.15) is 0 Å². The number of nitrogens with two attached hydrogens (primary N) is 1. The lowest BCUT2D eigenvalue weighted by Crippen LogP contribution is -2.28. The fraction of sp³-hybridized carbons (Fsp3) is 0.884. The minimum absolute atomic E-state index is 0.0956. The number of carbonyl (C=O) groups is 1. The first-order valence-electron chi connectivity index (χ1n) is 21.8. The average Bonchev–Trinajstić information content (AvgIpc) is 3.13. The van der Waals surface area contributed by atoms with Crippen LogP contribution >= 0.6 is 7.82 Å². The summed E-state index contributed by atoms with van der Waals surface area (Å²) in [6, 6.07) is 0. The molecular weight excluding hydrogens is 673 g/mol. The lowest BCUT2D eigenvalue weighted by molar-refractivity contribution is -0.154. The van der Waals surface area contributed by atoms with Crippen molar-refractivity contribution in [3.8, 4) is 0 Å². The Morgan fingerprint density at radius 2 is 1.02 bits per heavy atom. The smallest absolute Gasteiger partial charge is 0.457 e. The molecule has 308 valence electrons. The highest BCUT2D eigenvalue weighted by atomic mass is 31.2. The molecule has 0 bridgehead atoms. The second-order valence-corrected chi connectivity index (χ2v) is 16.0. The number of rotatable bonds is 42. The maximum atomic E-state index is 12.6. The van der Waals surface area contributed by atoms with Crippen LogP contribution in [0.2, 0.25) is 0 Å². The standard InChI is InChI=1S/C43H84NO7P/c1-3-5-7-9-11-13-15-17-19-21-23-25-27-29-31-33-35-38-48-40-42(41-50-52(46,47)49-39-37-44)51-43(45)36-34-32-30-28-26-24-22-20-18-16-14-12-10-8-6-4-2/h13,15,19,21,42H,3-12,14,16-18,20,22-41,44H2,1-2H3,(H,46,47)/b15-13-,21-19-. The summed E-state index contributed by atoms with van der Waals surface area (Å²) in [5.41, 5.74) is 5.37. The summed E-state index contributed by atoms with van der Waals surface area (Å²) in [4.78, 5) is 22.5. The molecule has 0 aromatic rings. The molecule has 0 rings (SSSR count). The SMILES string of the molecule is CCCCCC/C=C\C/C=C\CCCCCCCCOCC(COP(=O)(O)OCCN)OC(=O)CCCCCCCCCCCCCCCCCC. The normalized spacial score (nSPS) is 13.7. The number of ether oxygens (including phenoxy) is 2. The molecule has 0 aromatic carbocycles. The van der Waals surface area contributed by atoms with Gasteiger partial charge < -0.3 is 20.1 Å². The maximum Gasteiger partial charge on any atom is 0.472 e. The molecule has 0 radical (unpaired) electrons. The van der Waals surface area contributed by atoms with Crippen LogP contribution in [0.15, 0.2) is 24.3 Å². The zero-order valence-corrected chi connectivity index (χ0v) is 35.0. The van der Waals surface area contributed by atoms with E-state index >= 15 is 0 Å². The van der Waals surface area contributed by atoms with Gasteiger partial charge in [0.1, 0.15) is 6.10 Å². The quantitative estimate of drug-likeness (QED) is 0.0273. The summed E-state index contributed by atoms with van der Waals surface area (Å²) >= 11 is 0. The van der Waals surface area contributed by atoms with Crippen molar-refractivity contribution in [1.29, 1.82) is 0 Å². The molecule has 0 saturated heterocycles. The number of esters is 1. The summed E-state index contributed by atoms with van der Waals surface area (Å²) in [6.07, 6.45) is 44.7. The molecule has 0 aliphatic rings. The van der Waals surface area contributed by atoms with E-state index in [1.807, 2.05) is 0 Å². The molecule has 0 heterocycles. The number of allylic oxidation sites excluding steroid dienone is 4. The number of carbonyl (C=O) groups excluding carboxylic acids is 1. The third kappa shape index (κ3) is 40.2. The molecule has 0 saturated carbocycles. The number of hydrogen-bond acceptors (Lipinski definition) is 7. The topological polar surface area (TPSA) is 117 Å². The minimum Gasteiger partial charge on any atom is -0.457 e. The summed E-state index contributed by atoms with van der Waals surface area (Å²) in [6.45, 7) is 4.91. The molecule has 0 spiro atoms. The molecule has 0 amide bonds. The van der Waals surface area contributed by atoms with Gasteiger partial charge in [0.25, 0.3) is 0 Å². The number of unbranched alkanes of at least 4 members (excludes halogenated alkanes) is 25. The predicted octanol–water partition coefficient (Wildman–Crippen LogP) is 12.9. The largest absolute Gasteiger partial charge is 0.472 e. The van der Waals surface area contributed by atoms with Crippen LogP contribution in [0, 0.1) is 0 Å². The number of phosphoric acid groups is 1. The zero-order chi connectivity index (χ0) is 38.1. The van der Waals surface area contributed by atoms with Crippen molar-refractivity contribution >= 4 is 13.8 Å². The first-order chi connectivity index (χ1) is 25.4. The first kappa shape index (κ1) is 51.0. The van der Waals surface area contributed by atoms with Crippen LogP contribution in [0.4, 0.5) is 0 Å². The highest BCUT2D eigenvalue weighted by molar-refractivity contribution is 7.47. The van der Waals surface area contributed by atoms with Crippen LogP contribution in [0.3, 0.4) is 0 Å². The van der Waals surface area contributed by atoms with E-state index in [4.69, 9.17) is 24.3 Å². The molecule has 0 aliphatic carbocycles. The Balaban J connectivity index is 4.02. The summed E-state index contributed by atoms with van der Waals surface area (Å²) in [5.74, 6) is -0.331. The second-order valence-electron chi connectivity index (χ2n) is 14.6. The first-order valence-corrected chi connectivity index (χ1v) is 23.3. The van der Waals surface area contributed by atoms with Crippen LogP contribution in [0.25, 0.3) is 0 Å². The Kier molecular flexibility index (Phi) is 40.3. The Morgan fingerprint density at radius 3 is 1.52 bits per heavy atom. The van der Waals surface area contributed by atoms with Crippen LogP contribution < -0.4 is 5.73 Å². The van der Waals surface area contributed by atoms with E-state index in [2.05, 4.69) is 38.2 Å². The van der Waals surface area contributed by atoms with Gasteiger partial charge in [-0.1, -0.05) is 179 Å². The molecule has 2 unspecified atom stereocenters. The summed E-state index contributed by atoms with van der Waals surface area (Å²) in [5, 5.41) is 0. The molecule has 2 atom stereocenters. The van der Waals surface area contributed by atoms with Gasteiger partial charge in [0.15, 0.2) is 0 Å². The van der Waals surface area contributed by atoms with Gasteiger partial charge in [-0.25, -0.2) is 4.57 Å². The zero-order valence-electron chi connectivity index (χ0n) is 34.1. The van der Waals surface area contributed by atoms with E-state index in [1.54, 1.807) is 0 Å². The van der Waals surface area contributed by atoms with Gasteiger partial charge in [-0.05, 0) is 44.9 Å². The molecule has 9 heteroatoms. The van der Waals surface area contributed by atoms with E-state index in [9.17, 15) is 14.3 Å². The lowest BCUT2D eigenvalue weighted by Gasteiger charge is -2.20. The van der Waals surface area contributed by atoms with Gasteiger partial charge in [0.2, 0.25) is 0 Å². The average molecular weight is 758 g/mol. The predicted molar refractivity (Wildman–Crippen MR) is 220 cm³/mol. The van der Waals surface area contributed by atoms with Crippen molar-refractivity contribution < 1.29 is 32.8 Å². The lowest BCUT2D eigenvalue weighted by atomic mass is 10.0. The van der Waals surface area contributed by atoms with E-state index in [0.29, 0.717) is 13.0 Å². The van der Waals surface area contributed by atoms with Gasteiger partial charge in [0, 0.05) is 19.6 Å². The van der Waals surface area contributed by atoms with Crippen molar-refractivity contribution in [3.63, 3.8) is 0 Å². The van der Waals surface area contributed by atoms with Crippen molar-refractivity contribution in [2.75, 3.05) is 33.0 Å². The van der Waals surface area contributed by atoms with Gasteiger partial charge in [-0.3, -0.25) is 13.8 Å². The van der Waals surface area contributed by atoms with Crippen LogP contribution in [0.1, 0.15) is 206 Å². The molecule has 3 N–H and O–H groups in total. The molecule has 0 aromatic heterocycles. The van der Waals surface area contributed by atoms with E-state index in [1.165, 1.54) is 141 Å². The van der Waals surface area contributed by atoms with Crippen LogP contribution in [-0.2, 0) is 27.9 Å². The Labute approximate surface area is 321 Å². The van der Waals surface area contributed by atoms with E-state index < -0.39 is 13.9 Å². The molecular formula is C43H84NO7P. The third-order valence-corrected chi connectivity index (χ3v) is 10.4. The Bertz CT molecular complexity index is 853. The summed E-state index contributed by atoms with van der Waals surface area (Å²) < 4.78 is 33.4. The van der Waals surface area contributed by atoms with Crippen molar-refractivity contribution in [2.24, 2.45) is 5.73 Å². The highest BCUT2D eigenvalue weighted by Crippen LogP contribution is 2.43. The molecule has 52 heavy (non-hydrogen) atoms. The molecule has 0 aliphatic heterocycles. The molecule has 8 nitrogen and oxygen atoms in total. The van der Waals surface area contributed by atoms with Crippen LogP contribution in [0.5, 0.6) is 0 Å². The second kappa shape index (κ2) is 41.1. The van der Waals surface area contributed by atoms with E-state index in [-0.39, 0.29) is 32.3 Å². The minimum atomic E-state index is -4.27. The third-order valence-electron chi connectivity index (χ3n) is 9.37. The van der Waals surface area contributed by atoms with E-state index in [0.717, 1.165) is 44.9 Å². The van der Waals surface area contributed by atoms with Gasteiger partial charge >= 0.3 is 13.8 Å². The number of hydrogen-bond donors (Lipinski definition) is 2. The van der Waals surface area contributed by atoms with Gasteiger partial charge in [-0.15, -0.1) is 0 Å². The highest BCUT2D eigenvalue weighted by Gasteiger charge is 2.25.